The van der Waals surface area contributed by atoms with E-state index in [4.69, 9.17) is 24.4 Å². The van der Waals surface area contributed by atoms with Gasteiger partial charge in [-0.05, 0) is 13.0 Å². The van der Waals surface area contributed by atoms with E-state index >= 15 is 0 Å². The van der Waals surface area contributed by atoms with Crippen molar-refractivity contribution in [1.29, 1.82) is 0 Å². The van der Waals surface area contributed by atoms with Crippen molar-refractivity contribution in [3.63, 3.8) is 0 Å². The first kappa shape index (κ1) is 40.8. The second kappa shape index (κ2) is 18.5. The van der Waals surface area contributed by atoms with Gasteiger partial charge in [0.25, 0.3) is 0 Å². The molecule has 0 fully saturated rings. The maximum absolute atomic E-state index is 6.44. The molecule has 0 radical (unpaired) electrons. The molecule has 0 bridgehead atoms. The zero-order valence-corrected chi connectivity index (χ0v) is 39.8. The van der Waals surface area contributed by atoms with E-state index in [9.17, 15) is 0 Å². The Morgan fingerprint density at radius 3 is 2.00 bits per heavy atom. The summed E-state index contributed by atoms with van der Waals surface area (Å²) in [5.74, 6) is 2.31. The minimum atomic E-state index is 0. The fraction of sp³-hybridized carbons (Fsp3) is 0.0196. The molecule has 2 heterocycles. The zero-order chi connectivity index (χ0) is 37.8. The number of hydrogen-bond acceptors (Lipinski definition) is 5. The van der Waals surface area contributed by atoms with Gasteiger partial charge >= 0.3 is 62.2 Å². The molecule has 2 aromatic heterocycles. The van der Waals surface area contributed by atoms with Gasteiger partial charge in [-0.2, -0.15) is 72.3 Å². The largest absolute Gasteiger partial charge is 2.00 e. The standard InChI is InChI=1S/C51H32N4O.2U/c1-34-43-28-14-15-31-46(43)56-48(34)47(37-20-8-4-9-21-37)52-35(2)44-29-12-13-30-45(44)40-25-17-27-42(33-40)51-54-49(38-22-10-5-11-23-38)53-50(55-51)41-26-16-24-39(32-41)36-18-6-3-7-19-36;;/h3-18,20-23,25-29,31-32H,2H2,1H3;;/q-4;2*+2. The number of aliphatic imine (C=N–C) groups is 1. The van der Waals surface area contributed by atoms with E-state index in [0.717, 1.165) is 61.0 Å². The molecule has 9 aromatic rings. The average Bonchev–Trinajstić information content (AvgIpc) is 3.61. The zero-order valence-electron chi connectivity index (χ0n) is 31.5. The van der Waals surface area contributed by atoms with Gasteiger partial charge in [0.05, 0.1) is 5.82 Å². The molecule has 0 saturated carbocycles. The Morgan fingerprint density at radius 2 is 1.22 bits per heavy atom. The Kier molecular flexibility index (Phi) is 13.0. The summed E-state index contributed by atoms with van der Waals surface area (Å²) in [6.45, 7) is 6.55. The van der Waals surface area contributed by atoms with Gasteiger partial charge in [0, 0.05) is 27.8 Å². The topological polar surface area (TPSA) is 64.2 Å². The summed E-state index contributed by atoms with van der Waals surface area (Å²) in [6.07, 6.45) is 0. The molecule has 0 unspecified atom stereocenters. The summed E-state index contributed by atoms with van der Waals surface area (Å²) in [5, 5.41) is 1.05. The van der Waals surface area contributed by atoms with Crippen molar-refractivity contribution in [2.45, 2.75) is 6.92 Å². The van der Waals surface area contributed by atoms with Crippen LogP contribution in [0.2, 0.25) is 0 Å². The van der Waals surface area contributed by atoms with Gasteiger partial charge < -0.3 is 4.42 Å². The number of para-hydroxylation sites is 1. The third kappa shape index (κ3) is 8.56. The van der Waals surface area contributed by atoms with Gasteiger partial charge in [-0.1, -0.05) is 96.6 Å². The monoisotopic (exact) mass is 1190 g/mol. The second-order valence-electron chi connectivity index (χ2n) is 13.2. The van der Waals surface area contributed by atoms with Crippen LogP contribution in [0.4, 0.5) is 0 Å². The van der Waals surface area contributed by atoms with E-state index in [-0.39, 0.29) is 62.2 Å². The number of furan rings is 1. The molecule has 270 valence electrons. The molecule has 5 nitrogen and oxygen atoms in total. The van der Waals surface area contributed by atoms with E-state index in [1.807, 2.05) is 158 Å². The minimum absolute atomic E-state index is 0. The molecule has 0 amide bonds. The first-order valence-corrected chi connectivity index (χ1v) is 18.3. The van der Waals surface area contributed by atoms with Gasteiger partial charge in [0.1, 0.15) is 17.1 Å². The van der Waals surface area contributed by atoms with Gasteiger partial charge in [-0.15, -0.1) is 42.0 Å². The van der Waals surface area contributed by atoms with Crippen LogP contribution < -0.4 is 0 Å². The number of hydrogen-bond donors (Lipinski definition) is 0. The Labute approximate surface area is 385 Å². The summed E-state index contributed by atoms with van der Waals surface area (Å²) in [7, 11) is 0. The Bertz CT molecular complexity index is 2890. The van der Waals surface area contributed by atoms with Crippen LogP contribution in [-0.4, -0.2) is 20.7 Å². The van der Waals surface area contributed by atoms with Crippen LogP contribution in [0.15, 0.2) is 180 Å². The summed E-state index contributed by atoms with van der Waals surface area (Å²) in [6, 6.07) is 67.3. The number of benzene rings is 7. The van der Waals surface area contributed by atoms with E-state index in [2.05, 4.69) is 43.8 Å². The molecule has 0 aliphatic heterocycles. The molecule has 9 rings (SSSR count). The molecule has 7 heteroatoms. The molecule has 7 aromatic carbocycles. The third-order valence-electron chi connectivity index (χ3n) is 9.55. The van der Waals surface area contributed by atoms with E-state index in [1.165, 1.54) is 0 Å². The van der Waals surface area contributed by atoms with Crippen molar-refractivity contribution in [3.8, 4) is 56.4 Å². The van der Waals surface area contributed by atoms with Crippen LogP contribution >= 0.6 is 0 Å². The second-order valence-corrected chi connectivity index (χ2v) is 13.2. The Morgan fingerprint density at radius 1 is 0.569 bits per heavy atom. The number of aromatic nitrogens is 3. The van der Waals surface area contributed by atoms with Gasteiger partial charge in [-0.3, -0.25) is 9.98 Å². The summed E-state index contributed by atoms with van der Waals surface area (Å²) >= 11 is 0. The predicted molar refractivity (Wildman–Crippen MR) is 224 cm³/mol. The van der Waals surface area contributed by atoms with Crippen molar-refractivity contribution >= 4 is 22.4 Å². The van der Waals surface area contributed by atoms with E-state index in [1.54, 1.807) is 0 Å². The maximum atomic E-state index is 6.44. The first-order valence-electron chi connectivity index (χ1n) is 18.3. The average molecular weight is 1190 g/mol. The normalized spacial score (nSPS) is 11.1. The summed E-state index contributed by atoms with van der Waals surface area (Å²) < 4.78 is 6.44. The summed E-state index contributed by atoms with van der Waals surface area (Å²) in [5.41, 5.74) is 10.7. The molecular formula is C51H32N4OU2. The third-order valence-corrected chi connectivity index (χ3v) is 9.55. The summed E-state index contributed by atoms with van der Waals surface area (Å²) in [4.78, 5) is 20.1. The molecule has 58 heavy (non-hydrogen) atoms. The van der Waals surface area contributed by atoms with Crippen molar-refractivity contribution in [2.24, 2.45) is 4.99 Å². The fourth-order valence-electron chi connectivity index (χ4n) is 6.75. The van der Waals surface area contributed by atoms with E-state index in [0.29, 0.717) is 40.2 Å². The van der Waals surface area contributed by atoms with Crippen molar-refractivity contribution in [1.82, 2.24) is 15.0 Å². The van der Waals surface area contributed by atoms with Crippen LogP contribution in [0.1, 0.15) is 22.5 Å². The van der Waals surface area contributed by atoms with Crippen molar-refractivity contribution in [3.05, 3.63) is 217 Å². The molecule has 0 saturated heterocycles. The number of rotatable bonds is 9. The van der Waals surface area contributed by atoms with Gasteiger partial charge in [0.2, 0.25) is 0 Å². The predicted octanol–water partition coefficient (Wildman–Crippen LogP) is 12.0. The number of aryl methyl sites for hydroxylation is 1. The smallest absolute Gasteiger partial charge is 0.454 e. The minimum Gasteiger partial charge on any atom is -0.454 e. The SMILES string of the molecule is C=C(N=C(c1ccccc1)c1oc2ccccc2c1C)c1ccc[c-]c1-c1[c-]c(-c2nc(-c3ccccc3)nc(-c3cc[c-]c(-c4[c-]cccc4)c3)n2)ccc1.[U+2].[U+2]. The Hall–Kier alpha value is -5.40. The molecular weight excluding hydrogens is 1160 g/mol. The molecule has 0 aliphatic carbocycles. The van der Waals surface area contributed by atoms with Crippen LogP contribution in [0.3, 0.4) is 0 Å². The number of nitrogens with zero attached hydrogens (tertiary/aromatic N) is 4. The van der Waals surface area contributed by atoms with Crippen LogP contribution in [-0.2, 0) is 0 Å². The van der Waals surface area contributed by atoms with Gasteiger partial charge in [-0.25, -0.2) is 26.7 Å². The Balaban J connectivity index is 0.00000256. The van der Waals surface area contributed by atoms with Crippen LogP contribution in [0.5, 0.6) is 0 Å². The van der Waals surface area contributed by atoms with E-state index < -0.39 is 0 Å². The quantitative estimate of drug-likeness (QED) is 0.107. The van der Waals surface area contributed by atoms with Crippen molar-refractivity contribution in [2.75, 3.05) is 0 Å². The molecule has 0 spiro atoms. The molecule has 0 atom stereocenters. The van der Waals surface area contributed by atoms with Gasteiger partial charge in [0.15, 0.2) is 11.6 Å². The van der Waals surface area contributed by atoms with Crippen LogP contribution in [0, 0.1) is 93.4 Å². The molecule has 0 N–H and O–H groups in total. The van der Waals surface area contributed by atoms with Crippen LogP contribution in [0.25, 0.3) is 73.1 Å². The molecule has 0 aliphatic rings. The fourth-order valence-corrected chi connectivity index (χ4v) is 6.75. The number of fused-ring (bicyclic) bond motifs is 1. The maximum Gasteiger partial charge on any atom is 2.00 e. The van der Waals surface area contributed by atoms with Crippen molar-refractivity contribution < 1.29 is 66.6 Å². The first-order chi connectivity index (χ1) is 27.6.